The zero-order chi connectivity index (χ0) is 27.0. The molecule has 0 radical (unpaired) electrons. The molecule has 1 aromatic carbocycles. The summed E-state index contributed by atoms with van der Waals surface area (Å²) in [6.07, 6.45) is 0.538. The Hall–Kier alpha value is -2.46. The smallest absolute Gasteiger partial charge is 0.241 e. The standard InChI is InChI=1S/C29H41FN6O2/c1-19-13-34(25(12-31-19)14-35-20(2)16-38-17-21(35)3)15-27(37)36-18-29(4,5)28-26(36)11-24(32-33-28)10-22-6-8-23(30)9-7-22/h6-9,11,19-21,25,31H,10,12-18H2,1-5H3. The van der Waals surface area contributed by atoms with Crippen LogP contribution in [0.15, 0.2) is 30.3 Å². The van der Waals surface area contributed by atoms with E-state index in [0.717, 1.165) is 55.5 Å². The fourth-order valence-electron chi connectivity index (χ4n) is 6.09. The van der Waals surface area contributed by atoms with Gasteiger partial charge in [-0.3, -0.25) is 14.6 Å². The van der Waals surface area contributed by atoms with Crippen LogP contribution >= 0.6 is 0 Å². The largest absolute Gasteiger partial charge is 0.378 e. The number of hydrogen-bond donors (Lipinski definition) is 1. The molecule has 2 saturated heterocycles. The molecule has 0 spiro atoms. The normalized spacial score (nSPS) is 27.9. The Bertz CT molecular complexity index is 1130. The van der Waals surface area contributed by atoms with Crippen molar-refractivity contribution in [1.29, 1.82) is 0 Å². The van der Waals surface area contributed by atoms with Crippen LogP contribution in [0.4, 0.5) is 10.1 Å². The monoisotopic (exact) mass is 524 g/mol. The van der Waals surface area contributed by atoms with Crippen molar-refractivity contribution in [3.63, 3.8) is 0 Å². The van der Waals surface area contributed by atoms with Crippen LogP contribution in [0.5, 0.6) is 0 Å². The predicted octanol–water partition coefficient (Wildman–Crippen LogP) is 2.60. The average Bonchev–Trinajstić information content (AvgIpc) is 3.14. The highest BCUT2D eigenvalue weighted by molar-refractivity contribution is 5.97. The number of ether oxygens (including phenoxy) is 1. The minimum atomic E-state index is -0.277. The van der Waals surface area contributed by atoms with Crippen LogP contribution < -0.4 is 10.2 Å². The summed E-state index contributed by atoms with van der Waals surface area (Å²) in [6.45, 7) is 15.9. The van der Waals surface area contributed by atoms with Gasteiger partial charge in [0, 0.05) is 62.2 Å². The van der Waals surface area contributed by atoms with Crippen LogP contribution in [0.3, 0.4) is 0 Å². The van der Waals surface area contributed by atoms with Crippen molar-refractivity contribution in [3.8, 4) is 0 Å². The third kappa shape index (κ3) is 5.76. The van der Waals surface area contributed by atoms with Crippen LogP contribution in [0.2, 0.25) is 0 Å². The third-order valence-electron chi connectivity index (χ3n) is 8.25. The Kier molecular flexibility index (Phi) is 7.82. The van der Waals surface area contributed by atoms with Crippen LogP contribution in [-0.4, -0.2) is 96.0 Å². The maximum Gasteiger partial charge on any atom is 0.241 e. The molecule has 1 N–H and O–H groups in total. The van der Waals surface area contributed by atoms with E-state index in [2.05, 4.69) is 59.9 Å². The Morgan fingerprint density at radius 3 is 2.55 bits per heavy atom. The number of rotatable bonds is 6. The molecule has 4 unspecified atom stereocenters. The van der Waals surface area contributed by atoms with E-state index in [4.69, 9.17) is 4.74 Å². The summed E-state index contributed by atoms with van der Waals surface area (Å²) >= 11 is 0. The lowest BCUT2D eigenvalue weighted by Gasteiger charge is -2.46. The van der Waals surface area contributed by atoms with Gasteiger partial charge in [-0.2, -0.15) is 10.2 Å². The van der Waals surface area contributed by atoms with Gasteiger partial charge in [-0.05, 0) is 44.5 Å². The summed E-state index contributed by atoms with van der Waals surface area (Å²) in [5.41, 5.74) is 3.16. The zero-order valence-corrected chi connectivity index (χ0v) is 23.3. The molecule has 3 aliphatic heterocycles. The highest BCUT2D eigenvalue weighted by Gasteiger charge is 2.41. The molecule has 2 fully saturated rings. The fourth-order valence-corrected chi connectivity index (χ4v) is 6.09. The number of carbonyl (C=O) groups is 1. The second kappa shape index (κ2) is 11.0. The topological polar surface area (TPSA) is 73.8 Å². The summed E-state index contributed by atoms with van der Waals surface area (Å²) in [4.78, 5) is 20.7. The second-order valence-electron chi connectivity index (χ2n) is 12.1. The van der Waals surface area contributed by atoms with E-state index in [1.54, 1.807) is 12.1 Å². The highest BCUT2D eigenvalue weighted by Crippen LogP contribution is 2.39. The number of nitrogens with one attached hydrogen (secondary N) is 1. The lowest BCUT2D eigenvalue weighted by Crippen LogP contribution is -2.63. The molecule has 9 heteroatoms. The molecule has 5 rings (SSSR count). The molecule has 1 amide bonds. The number of piperazine rings is 1. The zero-order valence-electron chi connectivity index (χ0n) is 23.3. The van der Waals surface area contributed by atoms with Crippen LogP contribution in [0.25, 0.3) is 0 Å². The van der Waals surface area contributed by atoms with Crippen molar-refractivity contribution in [2.75, 3.05) is 50.8 Å². The summed E-state index contributed by atoms with van der Waals surface area (Å²) in [5.74, 6) is -0.162. The number of fused-ring (bicyclic) bond motifs is 1. The fraction of sp³-hybridized carbons (Fsp3) is 0.621. The van der Waals surface area contributed by atoms with Crippen molar-refractivity contribution < 1.29 is 13.9 Å². The first-order valence-electron chi connectivity index (χ1n) is 13.8. The van der Waals surface area contributed by atoms with Gasteiger partial charge in [0.1, 0.15) is 5.82 Å². The first-order chi connectivity index (χ1) is 18.1. The number of anilines is 1. The molecule has 38 heavy (non-hydrogen) atoms. The van der Waals surface area contributed by atoms with E-state index in [0.29, 0.717) is 37.6 Å². The summed E-state index contributed by atoms with van der Waals surface area (Å²) in [5, 5.41) is 12.6. The van der Waals surface area contributed by atoms with E-state index in [-0.39, 0.29) is 23.2 Å². The van der Waals surface area contributed by atoms with Crippen molar-refractivity contribution >= 4 is 11.6 Å². The molecule has 2 aromatic rings. The number of hydrogen-bond acceptors (Lipinski definition) is 7. The average molecular weight is 525 g/mol. The predicted molar refractivity (Wildman–Crippen MR) is 146 cm³/mol. The van der Waals surface area contributed by atoms with E-state index in [1.165, 1.54) is 12.1 Å². The van der Waals surface area contributed by atoms with E-state index < -0.39 is 0 Å². The van der Waals surface area contributed by atoms with Crippen molar-refractivity contribution in [3.05, 3.63) is 53.1 Å². The number of carbonyl (C=O) groups excluding carboxylic acids is 1. The van der Waals surface area contributed by atoms with Gasteiger partial charge < -0.3 is 15.0 Å². The van der Waals surface area contributed by atoms with E-state index in [9.17, 15) is 9.18 Å². The molecular weight excluding hydrogens is 483 g/mol. The van der Waals surface area contributed by atoms with Gasteiger partial charge in [0.15, 0.2) is 0 Å². The summed E-state index contributed by atoms with van der Waals surface area (Å²) in [6, 6.07) is 9.73. The molecule has 0 saturated carbocycles. The molecule has 206 valence electrons. The second-order valence-corrected chi connectivity index (χ2v) is 12.1. The maximum atomic E-state index is 13.9. The van der Waals surface area contributed by atoms with Crippen LogP contribution in [0.1, 0.15) is 51.6 Å². The van der Waals surface area contributed by atoms with Gasteiger partial charge in [0.25, 0.3) is 0 Å². The number of morpholine rings is 1. The molecule has 4 heterocycles. The molecule has 0 bridgehead atoms. The number of amides is 1. The van der Waals surface area contributed by atoms with Gasteiger partial charge in [0.05, 0.1) is 36.8 Å². The third-order valence-corrected chi connectivity index (χ3v) is 8.25. The molecule has 3 aliphatic rings. The van der Waals surface area contributed by atoms with Crippen LogP contribution in [-0.2, 0) is 21.4 Å². The number of nitrogens with zero attached hydrogens (tertiary/aromatic N) is 5. The van der Waals surface area contributed by atoms with Gasteiger partial charge in [-0.15, -0.1) is 0 Å². The van der Waals surface area contributed by atoms with E-state index in [1.807, 2.05) is 11.0 Å². The highest BCUT2D eigenvalue weighted by atomic mass is 19.1. The van der Waals surface area contributed by atoms with Crippen molar-refractivity contribution in [2.45, 2.75) is 70.6 Å². The Morgan fingerprint density at radius 2 is 1.84 bits per heavy atom. The Balaban J connectivity index is 1.33. The first-order valence-corrected chi connectivity index (χ1v) is 13.8. The molecular formula is C29H41FN6O2. The van der Waals surface area contributed by atoms with Gasteiger partial charge in [-0.1, -0.05) is 26.0 Å². The minimum absolute atomic E-state index is 0.0970. The lowest BCUT2D eigenvalue weighted by atomic mass is 9.91. The molecule has 1 aromatic heterocycles. The van der Waals surface area contributed by atoms with Crippen LogP contribution in [0, 0.1) is 5.82 Å². The van der Waals surface area contributed by atoms with Crippen molar-refractivity contribution in [1.82, 2.24) is 25.3 Å². The molecule has 0 aliphatic carbocycles. The van der Waals surface area contributed by atoms with Gasteiger partial charge in [0.2, 0.25) is 5.91 Å². The number of aromatic nitrogens is 2. The SMILES string of the molecule is CC1CN(CC(=O)N2CC(C)(C)c3nnc(Cc4ccc(F)cc4)cc32)C(CN2C(C)COCC2C)CN1. The summed E-state index contributed by atoms with van der Waals surface area (Å²) in [7, 11) is 0. The maximum absolute atomic E-state index is 13.9. The molecule has 8 nitrogen and oxygen atoms in total. The number of benzene rings is 1. The van der Waals surface area contributed by atoms with E-state index >= 15 is 0 Å². The molecule has 4 atom stereocenters. The minimum Gasteiger partial charge on any atom is -0.378 e. The van der Waals surface area contributed by atoms with Gasteiger partial charge >= 0.3 is 0 Å². The number of halogens is 1. The lowest BCUT2D eigenvalue weighted by molar-refractivity contribution is -0.121. The first kappa shape index (κ1) is 27.1. The Morgan fingerprint density at radius 1 is 1.13 bits per heavy atom. The Labute approximate surface area is 225 Å². The summed E-state index contributed by atoms with van der Waals surface area (Å²) < 4.78 is 19.1. The van der Waals surface area contributed by atoms with Crippen molar-refractivity contribution in [2.24, 2.45) is 0 Å². The quantitative estimate of drug-likeness (QED) is 0.623. The van der Waals surface area contributed by atoms with Gasteiger partial charge in [-0.25, -0.2) is 4.39 Å².